The van der Waals surface area contributed by atoms with Crippen LogP contribution in [-0.2, 0) is 14.3 Å². The number of ether oxygens (including phenoxy) is 1. The van der Waals surface area contributed by atoms with Crippen LogP contribution in [0.5, 0.6) is 0 Å². The molecule has 0 radical (unpaired) electrons. The van der Waals surface area contributed by atoms with Gasteiger partial charge in [-0.2, -0.15) is 0 Å². The molecule has 150 valence electrons. The fourth-order valence-electron chi connectivity index (χ4n) is 3.58. The van der Waals surface area contributed by atoms with Crippen LogP contribution in [0.1, 0.15) is 16.8 Å². The van der Waals surface area contributed by atoms with Gasteiger partial charge in [0.05, 0.1) is 31.3 Å². The fourth-order valence-corrected chi connectivity index (χ4v) is 3.58. The van der Waals surface area contributed by atoms with Gasteiger partial charge in [-0.05, 0) is 42.0 Å². The Morgan fingerprint density at radius 1 is 1.03 bits per heavy atom. The van der Waals surface area contributed by atoms with E-state index in [1.807, 2.05) is 24.3 Å². The molecule has 8 nitrogen and oxygen atoms in total. The van der Waals surface area contributed by atoms with Gasteiger partial charge in [-0.3, -0.25) is 9.59 Å². The van der Waals surface area contributed by atoms with Gasteiger partial charge in [0.1, 0.15) is 6.04 Å². The average molecular weight is 394 g/mol. The Hall–Kier alpha value is -3.39. The van der Waals surface area contributed by atoms with Crippen LogP contribution in [0.25, 0.3) is 0 Å². The number of carboxylic acid groups (broad SMARTS) is 1. The maximum absolute atomic E-state index is 12.8. The quantitative estimate of drug-likeness (QED) is 0.742. The molecule has 2 saturated heterocycles. The second-order valence-electron chi connectivity index (χ2n) is 6.95. The number of imide groups is 1. The summed E-state index contributed by atoms with van der Waals surface area (Å²) >= 11 is 0. The second kappa shape index (κ2) is 7.92. The molecule has 1 atom stereocenters. The van der Waals surface area contributed by atoms with Crippen LogP contribution in [0.4, 0.5) is 17.1 Å². The molecule has 2 fully saturated rings. The molecule has 0 spiro atoms. The molecule has 2 heterocycles. The highest BCUT2D eigenvalue weighted by atomic mass is 16.5. The summed E-state index contributed by atoms with van der Waals surface area (Å²) in [5.41, 5.74) is 1.96. The number of anilines is 3. The normalized spacial score (nSPS) is 19.5. The van der Waals surface area contributed by atoms with Crippen LogP contribution >= 0.6 is 0 Å². The summed E-state index contributed by atoms with van der Waals surface area (Å²) in [6.07, 6.45) is -0.000399. The SMILES string of the molecule is O=C([O-])c1cccc(N2C(=O)C[C@@H](Nc3ccc(N4CCOCC4)cc3)C2=O)c1. The van der Waals surface area contributed by atoms with Crippen molar-refractivity contribution in [2.24, 2.45) is 0 Å². The van der Waals surface area contributed by atoms with Gasteiger partial charge in [-0.15, -0.1) is 0 Å². The molecule has 2 aliphatic rings. The number of hydrogen-bond acceptors (Lipinski definition) is 7. The predicted molar refractivity (Wildman–Crippen MR) is 105 cm³/mol. The number of hydrogen-bond donors (Lipinski definition) is 1. The summed E-state index contributed by atoms with van der Waals surface area (Å²) in [5.74, 6) is -2.16. The van der Waals surface area contributed by atoms with Crippen molar-refractivity contribution < 1.29 is 24.2 Å². The van der Waals surface area contributed by atoms with E-state index >= 15 is 0 Å². The minimum absolute atomic E-state index is 0.000399. The molecular weight excluding hydrogens is 374 g/mol. The lowest BCUT2D eigenvalue weighted by Crippen LogP contribution is -2.36. The highest BCUT2D eigenvalue weighted by Gasteiger charge is 2.39. The number of benzene rings is 2. The molecule has 2 aliphatic heterocycles. The van der Waals surface area contributed by atoms with Gasteiger partial charge in [0.2, 0.25) is 5.91 Å². The molecule has 29 heavy (non-hydrogen) atoms. The van der Waals surface area contributed by atoms with Crippen molar-refractivity contribution in [3.63, 3.8) is 0 Å². The van der Waals surface area contributed by atoms with Gasteiger partial charge < -0.3 is 24.9 Å². The Morgan fingerprint density at radius 2 is 1.76 bits per heavy atom. The molecule has 0 aromatic heterocycles. The van der Waals surface area contributed by atoms with E-state index in [1.165, 1.54) is 24.3 Å². The van der Waals surface area contributed by atoms with Crippen LogP contribution in [0.15, 0.2) is 48.5 Å². The van der Waals surface area contributed by atoms with Crippen molar-refractivity contribution in [3.05, 3.63) is 54.1 Å². The van der Waals surface area contributed by atoms with Gasteiger partial charge in [-0.25, -0.2) is 4.90 Å². The van der Waals surface area contributed by atoms with E-state index < -0.39 is 17.9 Å². The third kappa shape index (κ3) is 3.93. The van der Waals surface area contributed by atoms with Crippen molar-refractivity contribution in [2.45, 2.75) is 12.5 Å². The highest BCUT2D eigenvalue weighted by Crippen LogP contribution is 2.26. The summed E-state index contributed by atoms with van der Waals surface area (Å²) in [5, 5.41) is 14.2. The van der Waals surface area contributed by atoms with Crippen molar-refractivity contribution in [2.75, 3.05) is 41.4 Å². The lowest BCUT2D eigenvalue weighted by molar-refractivity contribution is -0.255. The smallest absolute Gasteiger partial charge is 0.256 e. The van der Waals surface area contributed by atoms with Crippen LogP contribution in [0.2, 0.25) is 0 Å². The average Bonchev–Trinajstić information content (AvgIpc) is 3.02. The molecule has 0 saturated carbocycles. The topological polar surface area (TPSA) is 102 Å². The molecule has 0 unspecified atom stereocenters. The Balaban J connectivity index is 1.46. The van der Waals surface area contributed by atoms with Gasteiger partial charge in [0, 0.05) is 24.5 Å². The summed E-state index contributed by atoms with van der Waals surface area (Å²) in [6.45, 7) is 3.08. The first-order valence-corrected chi connectivity index (χ1v) is 9.40. The number of carbonyl (C=O) groups is 3. The van der Waals surface area contributed by atoms with Crippen molar-refractivity contribution in [3.8, 4) is 0 Å². The molecule has 0 aliphatic carbocycles. The van der Waals surface area contributed by atoms with Crippen LogP contribution in [0, 0.1) is 0 Å². The summed E-state index contributed by atoms with van der Waals surface area (Å²) in [7, 11) is 0. The van der Waals surface area contributed by atoms with E-state index in [2.05, 4.69) is 10.2 Å². The lowest BCUT2D eigenvalue weighted by Gasteiger charge is -2.29. The minimum atomic E-state index is -1.36. The van der Waals surface area contributed by atoms with Crippen LogP contribution < -0.4 is 20.2 Å². The van der Waals surface area contributed by atoms with Crippen molar-refractivity contribution in [1.29, 1.82) is 0 Å². The van der Waals surface area contributed by atoms with Crippen LogP contribution in [0.3, 0.4) is 0 Å². The zero-order valence-electron chi connectivity index (χ0n) is 15.7. The number of aromatic carboxylic acids is 1. The molecular formula is C21H20N3O5-. The molecule has 4 rings (SSSR count). The molecule has 2 aromatic carbocycles. The maximum atomic E-state index is 12.8. The van der Waals surface area contributed by atoms with Gasteiger partial charge >= 0.3 is 0 Å². The zero-order valence-corrected chi connectivity index (χ0v) is 15.7. The monoisotopic (exact) mass is 394 g/mol. The summed E-state index contributed by atoms with van der Waals surface area (Å²) in [4.78, 5) is 39.5. The van der Waals surface area contributed by atoms with E-state index in [0.29, 0.717) is 13.2 Å². The van der Waals surface area contributed by atoms with E-state index in [0.717, 1.165) is 29.4 Å². The number of rotatable bonds is 5. The first-order chi connectivity index (χ1) is 14.0. The number of nitrogens with one attached hydrogen (secondary N) is 1. The third-order valence-electron chi connectivity index (χ3n) is 5.07. The molecule has 8 heteroatoms. The molecule has 2 amide bonds. The van der Waals surface area contributed by atoms with E-state index in [9.17, 15) is 19.5 Å². The Bertz CT molecular complexity index is 938. The van der Waals surface area contributed by atoms with Crippen LogP contribution in [-0.4, -0.2) is 50.1 Å². The summed E-state index contributed by atoms with van der Waals surface area (Å²) in [6, 6.07) is 12.6. The largest absolute Gasteiger partial charge is 0.545 e. The first-order valence-electron chi connectivity index (χ1n) is 9.40. The fraction of sp³-hybridized carbons (Fsp3) is 0.286. The first kappa shape index (κ1) is 18.9. The zero-order chi connectivity index (χ0) is 20.4. The Kier molecular flexibility index (Phi) is 5.18. The number of nitrogens with zero attached hydrogens (tertiary/aromatic N) is 2. The number of amides is 2. The molecule has 1 N–H and O–H groups in total. The Labute approximate surface area is 167 Å². The maximum Gasteiger partial charge on any atom is 0.256 e. The number of morpholine rings is 1. The standard InChI is InChI=1S/C21H21N3O5/c25-19-13-18(20(26)24(19)17-3-1-2-14(12-17)21(27)28)22-15-4-6-16(7-5-15)23-8-10-29-11-9-23/h1-7,12,18,22H,8-11,13H2,(H,27,28)/p-1/t18-/m1/s1. The predicted octanol–water partition coefficient (Wildman–Crippen LogP) is 0.631. The van der Waals surface area contributed by atoms with E-state index in [1.54, 1.807) is 0 Å². The molecule has 2 aromatic rings. The van der Waals surface area contributed by atoms with Gasteiger partial charge in [0.15, 0.2) is 0 Å². The van der Waals surface area contributed by atoms with E-state index in [-0.39, 0.29) is 23.6 Å². The number of carboxylic acids is 1. The van der Waals surface area contributed by atoms with Crippen molar-refractivity contribution >= 4 is 34.8 Å². The lowest BCUT2D eigenvalue weighted by atomic mass is 10.2. The van der Waals surface area contributed by atoms with Gasteiger partial charge in [-0.1, -0.05) is 12.1 Å². The Morgan fingerprint density at radius 3 is 2.45 bits per heavy atom. The highest BCUT2D eigenvalue weighted by molar-refractivity contribution is 6.23. The van der Waals surface area contributed by atoms with Crippen molar-refractivity contribution in [1.82, 2.24) is 0 Å². The molecule has 0 bridgehead atoms. The van der Waals surface area contributed by atoms with E-state index in [4.69, 9.17) is 4.74 Å². The minimum Gasteiger partial charge on any atom is -0.545 e. The third-order valence-corrected chi connectivity index (χ3v) is 5.07. The summed E-state index contributed by atoms with van der Waals surface area (Å²) < 4.78 is 5.36. The second-order valence-corrected chi connectivity index (χ2v) is 6.95. The number of carbonyl (C=O) groups excluding carboxylic acids is 3. The van der Waals surface area contributed by atoms with Gasteiger partial charge in [0.25, 0.3) is 5.91 Å².